The van der Waals surface area contributed by atoms with Crippen LogP contribution in [0.15, 0.2) is 6.20 Å². The minimum atomic E-state index is -4.45. The van der Waals surface area contributed by atoms with E-state index in [9.17, 15) is 28.1 Å². The van der Waals surface area contributed by atoms with Crippen LogP contribution in [0.5, 0.6) is 0 Å². The normalized spacial score (nSPS) is 17.8. The van der Waals surface area contributed by atoms with Gasteiger partial charge in [-0.15, -0.1) is 5.10 Å². The Morgan fingerprint density at radius 1 is 1.46 bits per heavy atom. The topological polar surface area (TPSA) is 119 Å². The van der Waals surface area contributed by atoms with Crippen LogP contribution in [0.4, 0.5) is 19.0 Å². The molecule has 0 aromatic carbocycles. The van der Waals surface area contributed by atoms with Crippen LogP contribution in [0.3, 0.4) is 0 Å². The van der Waals surface area contributed by atoms with E-state index < -0.39 is 35.4 Å². The lowest BCUT2D eigenvalue weighted by Gasteiger charge is -2.35. The van der Waals surface area contributed by atoms with Crippen LogP contribution in [0.25, 0.3) is 0 Å². The second-order valence-corrected chi connectivity index (χ2v) is 6.34. The predicted molar refractivity (Wildman–Crippen MR) is 87.6 cm³/mol. The number of hydrogen-bond donors (Lipinski definition) is 1. The van der Waals surface area contributed by atoms with Gasteiger partial charge in [0.2, 0.25) is 0 Å². The number of H-pyrrole nitrogens is 1. The van der Waals surface area contributed by atoms with E-state index in [1.54, 1.807) is 6.92 Å². The summed E-state index contributed by atoms with van der Waals surface area (Å²) in [6.07, 6.45) is -3.39. The van der Waals surface area contributed by atoms with Crippen molar-refractivity contribution >= 4 is 11.7 Å². The van der Waals surface area contributed by atoms with Crippen molar-refractivity contribution in [3.8, 4) is 0 Å². The van der Waals surface area contributed by atoms with Crippen LogP contribution in [0.1, 0.15) is 33.4 Å². The van der Waals surface area contributed by atoms with Gasteiger partial charge in [0.15, 0.2) is 5.56 Å². The standard InChI is InChI=1S/C15H17F3N6O4/c1-8-12(9(2)23(21-8)7-15(16,17)18)11-6-28-4-3-22(11)14(25)10-5-19-20-13(10)24(26)27/h5,11H,3-4,6-7H2,1-2H3,(H,19,20). The zero-order chi connectivity index (χ0) is 20.6. The Bertz CT molecular complexity index is 906. The molecule has 1 unspecified atom stereocenters. The van der Waals surface area contributed by atoms with Gasteiger partial charge in [-0.25, -0.2) is 0 Å². The van der Waals surface area contributed by atoms with Crippen molar-refractivity contribution in [2.75, 3.05) is 19.8 Å². The summed E-state index contributed by atoms with van der Waals surface area (Å²) in [5.41, 5.74) is 0.792. The molecule has 2 aromatic heterocycles. The molecule has 13 heteroatoms. The zero-order valence-electron chi connectivity index (χ0n) is 15.0. The Kier molecular flexibility index (Phi) is 5.10. The largest absolute Gasteiger partial charge is 0.408 e. The lowest BCUT2D eigenvalue weighted by atomic mass is 10.0. The molecule has 1 amide bonds. The Morgan fingerprint density at radius 2 is 2.18 bits per heavy atom. The second-order valence-electron chi connectivity index (χ2n) is 6.34. The number of nitrogens with zero attached hydrogens (tertiary/aromatic N) is 5. The van der Waals surface area contributed by atoms with Crippen LogP contribution < -0.4 is 0 Å². The SMILES string of the molecule is Cc1nn(CC(F)(F)F)c(C)c1C1COCCN1C(=O)c1cn[nH]c1[N+](=O)[O-]. The molecule has 1 aliphatic rings. The Labute approximate surface area is 156 Å². The van der Waals surface area contributed by atoms with Crippen LogP contribution in [-0.2, 0) is 11.3 Å². The van der Waals surface area contributed by atoms with Crippen molar-refractivity contribution in [2.45, 2.75) is 32.6 Å². The first-order valence-corrected chi connectivity index (χ1v) is 8.27. The van der Waals surface area contributed by atoms with E-state index in [1.807, 2.05) is 0 Å². The highest BCUT2D eigenvalue weighted by atomic mass is 19.4. The number of hydrogen-bond acceptors (Lipinski definition) is 6. The number of halogens is 3. The Balaban J connectivity index is 1.97. The molecule has 1 saturated heterocycles. The maximum absolute atomic E-state index is 12.9. The molecule has 3 rings (SSSR count). The number of aromatic nitrogens is 4. The van der Waals surface area contributed by atoms with Crippen molar-refractivity contribution in [1.82, 2.24) is 24.9 Å². The van der Waals surface area contributed by atoms with Crippen molar-refractivity contribution in [2.24, 2.45) is 0 Å². The van der Waals surface area contributed by atoms with Gasteiger partial charge in [-0.05, 0) is 18.8 Å². The fourth-order valence-electron chi connectivity index (χ4n) is 3.33. The van der Waals surface area contributed by atoms with Crippen molar-refractivity contribution < 1.29 is 27.6 Å². The zero-order valence-corrected chi connectivity index (χ0v) is 15.0. The molecule has 1 fully saturated rings. The summed E-state index contributed by atoms with van der Waals surface area (Å²) in [6.45, 7) is 2.13. The van der Waals surface area contributed by atoms with Crippen LogP contribution in [0.2, 0.25) is 0 Å². The molecule has 1 aliphatic heterocycles. The lowest BCUT2D eigenvalue weighted by molar-refractivity contribution is -0.389. The van der Waals surface area contributed by atoms with Gasteiger partial charge in [0.05, 0.1) is 31.1 Å². The fourth-order valence-corrected chi connectivity index (χ4v) is 3.33. The number of rotatable bonds is 4. The molecular formula is C15H17F3N6O4. The first-order valence-electron chi connectivity index (χ1n) is 8.27. The average Bonchev–Trinajstić information content (AvgIpc) is 3.19. The minimum absolute atomic E-state index is 0.0385. The molecule has 3 heterocycles. The summed E-state index contributed by atoms with van der Waals surface area (Å²) in [5.74, 6) is -1.20. The molecule has 1 N–H and O–H groups in total. The van der Waals surface area contributed by atoms with Crippen molar-refractivity contribution in [3.63, 3.8) is 0 Å². The summed E-state index contributed by atoms with van der Waals surface area (Å²) in [5, 5.41) is 20.7. The first kappa shape index (κ1) is 19.8. The molecule has 2 aromatic rings. The molecule has 10 nitrogen and oxygen atoms in total. The minimum Gasteiger partial charge on any atom is -0.377 e. The molecular weight excluding hydrogens is 385 g/mol. The van der Waals surface area contributed by atoms with E-state index in [1.165, 1.54) is 11.8 Å². The van der Waals surface area contributed by atoms with E-state index in [0.717, 1.165) is 10.9 Å². The molecule has 1 atom stereocenters. The van der Waals surface area contributed by atoms with Gasteiger partial charge in [0.1, 0.15) is 6.54 Å². The predicted octanol–water partition coefficient (Wildman–Crippen LogP) is 1.91. The molecule has 152 valence electrons. The molecule has 0 saturated carbocycles. The van der Waals surface area contributed by atoms with E-state index >= 15 is 0 Å². The molecule has 0 spiro atoms. The molecule has 0 aliphatic carbocycles. The first-order chi connectivity index (χ1) is 13.1. The Hall–Kier alpha value is -2.96. The summed E-state index contributed by atoms with van der Waals surface area (Å²) in [4.78, 5) is 24.6. The third kappa shape index (κ3) is 3.69. The quantitative estimate of drug-likeness (QED) is 0.616. The number of alkyl halides is 3. The molecule has 28 heavy (non-hydrogen) atoms. The number of morpholine rings is 1. The maximum Gasteiger partial charge on any atom is 0.408 e. The number of carbonyl (C=O) groups is 1. The van der Waals surface area contributed by atoms with Gasteiger partial charge < -0.3 is 19.8 Å². The third-order valence-corrected chi connectivity index (χ3v) is 4.52. The second kappa shape index (κ2) is 7.22. The van der Waals surface area contributed by atoms with Gasteiger partial charge >= 0.3 is 12.0 Å². The summed E-state index contributed by atoms with van der Waals surface area (Å²) in [7, 11) is 0. The van der Waals surface area contributed by atoms with Gasteiger partial charge in [-0.3, -0.25) is 9.48 Å². The van der Waals surface area contributed by atoms with E-state index in [-0.39, 0.29) is 31.0 Å². The Morgan fingerprint density at radius 3 is 2.82 bits per heavy atom. The third-order valence-electron chi connectivity index (χ3n) is 4.52. The monoisotopic (exact) mass is 402 g/mol. The van der Waals surface area contributed by atoms with E-state index in [4.69, 9.17) is 4.74 Å². The number of aryl methyl sites for hydroxylation is 1. The number of aromatic amines is 1. The number of nitrogens with one attached hydrogen (secondary N) is 1. The number of nitro groups is 1. The number of carbonyl (C=O) groups excluding carboxylic acids is 1. The summed E-state index contributed by atoms with van der Waals surface area (Å²) < 4.78 is 44.6. The van der Waals surface area contributed by atoms with Crippen LogP contribution >= 0.6 is 0 Å². The smallest absolute Gasteiger partial charge is 0.377 e. The summed E-state index contributed by atoms with van der Waals surface area (Å²) >= 11 is 0. The molecule has 0 bridgehead atoms. The maximum atomic E-state index is 12.9. The van der Waals surface area contributed by atoms with E-state index in [0.29, 0.717) is 11.3 Å². The number of amides is 1. The lowest BCUT2D eigenvalue weighted by Crippen LogP contribution is -2.44. The van der Waals surface area contributed by atoms with Gasteiger partial charge in [-0.2, -0.15) is 18.3 Å². The van der Waals surface area contributed by atoms with Gasteiger partial charge in [0.25, 0.3) is 5.91 Å². The van der Waals surface area contributed by atoms with Crippen LogP contribution in [-0.4, -0.2) is 61.6 Å². The average molecular weight is 402 g/mol. The van der Waals surface area contributed by atoms with Crippen molar-refractivity contribution in [1.29, 1.82) is 0 Å². The van der Waals surface area contributed by atoms with Gasteiger partial charge in [0, 0.05) is 17.8 Å². The highest BCUT2D eigenvalue weighted by Crippen LogP contribution is 2.32. The summed E-state index contributed by atoms with van der Waals surface area (Å²) in [6, 6.07) is -0.724. The van der Waals surface area contributed by atoms with Gasteiger partial charge in [-0.1, -0.05) is 5.10 Å². The van der Waals surface area contributed by atoms with Crippen molar-refractivity contribution in [3.05, 3.63) is 38.8 Å². The highest BCUT2D eigenvalue weighted by Gasteiger charge is 2.37. The number of ether oxygens (including phenoxy) is 1. The fraction of sp³-hybridized carbons (Fsp3) is 0.533. The van der Waals surface area contributed by atoms with E-state index in [2.05, 4.69) is 15.3 Å². The molecule has 0 radical (unpaired) electrons. The highest BCUT2D eigenvalue weighted by molar-refractivity contribution is 5.97. The van der Waals surface area contributed by atoms with Crippen LogP contribution in [0, 0.1) is 24.0 Å².